The molecule has 3 nitrogen and oxygen atoms in total. The Bertz CT molecular complexity index is 231. The Morgan fingerprint density at radius 1 is 1.62 bits per heavy atom. The van der Waals surface area contributed by atoms with Crippen LogP contribution in [0.1, 0.15) is 13.3 Å². The van der Waals surface area contributed by atoms with Crippen LogP contribution in [0, 0.1) is 0 Å². The van der Waals surface area contributed by atoms with Crippen LogP contribution in [0.2, 0.25) is 0 Å². The van der Waals surface area contributed by atoms with Gasteiger partial charge < -0.3 is 9.22 Å². The molecule has 0 radical (unpaired) electrons. The fourth-order valence-electron chi connectivity index (χ4n) is 1.38. The van der Waals surface area contributed by atoms with Crippen molar-refractivity contribution in [3.8, 4) is 0 Å². The van der Waals surface area contributed by atoms with Gasteiger partial charge in [-0.3, -0.25) is 0 Å². The van der Waals surface area contributed by atoms with Crippen molar-refractivity contribution in [3.63, 3.8) is 0 Å². The Kier molecular flexibility index (Phi) is 3.09. The summed E-state index contributed by atoms with van der Waals surface area (Å²) in [4.78, 5) is 11.3. The molecule has 0 fully saturated rings. The van der Waals surface area contributed by atoms with Crippen LogP contribution in [0.25, 0.3) is 0 Å². The second-order valence-corrected chi connectivity index (χ2v) is 4.04. The topological polar surface area (TPSA) is 26.3 Å². The van der Waals surface area contributed by atoms with Crippen molar-refractivity contribution >= 4 is 5.97 Å². The molecule has 0 atom stereocenters. The van der Waals surface area contributed by atoms with E-state index in [1.807, 2.05) is 13.0 Å². The van der Waals surface area contributed by atoms with Gasteiger partial charge in [-0.1, -0.05) is 0 Å². The molecule has 0 bridgehead atoms. The minimum atomic E-state index is -0.137. The highest BCUT2D eigenvalue weighted by atomic mass is 16.5. The number of hydrogen-bond acceptors (Lipinski definition) is 2. The molecule has 0 aliphatic carbocycles. The molecule has 0 unspecified atom stereocenters. The van der Waals surface area contributed by atoms with E-state index in [9.17, 15) is 4.79 Å². The Morgan fingerprint density at radius 2 is 2.31 bits per heavy atom. The molecule has 0 saturated carbocycles. The first kappa shape index (κ1) is 10.3. The third-order valence-corrected chi connectivity index (χ3v) is 2.36. The first-order valence-electron chi connectivity index (χ1n) is 4.73. The fraction of sp³-hybridized carbons (Fsp3) is 0.700. The van der Waals surface area contributed by atoms with Crippen LogP contribution >= 0.6 is 0 Å². The predicted octanol–water partition coefficient (Wildman–Crippen LogP) is 0.956. The number of carbonyl (C=O) groups excluding carboxylic acids is 1. The van der Waals surface area contributed by atoms with Gasteiger partial charge in [0.25, 0.3) is 0 Å². The second kappa shape index (κ2) is 3.92. The van der Waals surface area contributed by atoms with Crippen LogP contribution in [0.3, 0.4) is 0 Å². The molecule has 13 heavy (non-hydrogen) atoms. The number of nitrogens with zero attached hydrogens (tertiary/aromatic N) is 1. The summed E-state index contributed by atoms with van der Waals surface area (Å²) in [6, 6.07) is 0. The van der Waals surface area contributed by atoms with Gasteiger partial charge in [0.2, 0.25) is 0 Å². The normalized spacial score (nSPS) is 20.7. The lowest BCUT2D eigenvalue weighted by Gasteiger charge is -2.32. The third-order valence-electron chi connectivity index (χ3n) is 2.36. The number of quaternary nitrogens is 1. The Hall–Kier alpha value is -0.830. The number of rotatable bonds is 2. The van der Waals surface area contributed by atoms with Crippen molar-refractivity contribution < 1.29 is 14.0 Å². The number of hydrogen-bond donors (Lipinski definition) is 0. The van der Waals surface area contributed by atoms with E-state index in [0.717, 1.165) is 29.6 Å². The summed E-state index contributed by atoms with van der Waals surface area (Å²) in [6.07, 6.45) is 2.84. The summed E-state index contributed by atoms with van der Waals surface area (Å²) in [7, 11) is 4.33. The van der Waals surface area contributed by atoms with Crippen LogP contribution in [0.5, 0.6) is 0 Å². The average Bonchev–Trinajstić information content (AvgIpc) is 2.04. The van der Waals surface area contributed by atoms with Gasteiger partial charge in [-0.15, -0.1) is 0 Å². The van der Waals surface area contributed by atoms with Crippen LogP contribution in [0.4, 0.5) is 0 Å². The van der Waals surface area contributed by atoms with E-state index in [1.165, 1.54) is 0 Å². The largest absolute Gasteiger partial charge is 0.463 e. The van der Waals surface area contributed by atoms with E-state index in [-0.39, 0.29) is 5.97 Å². The van der Waals surface area contributed by atoms with Gasteiger partial charge in [0, 0.05) is 12.0 Å². The zero-order valence-electron chi connectivity index (χ0n) is 8.67. The molecule has 0 spiro atoms. The number of esters is 1. The first-order valence-corrected chi connectivity index (χ1v) is 4.73. The monoisotopic (exact) mass is 184 g/mol. The average molecular weight is 184 g/mol. The maximum atomic E-state index is 11.3. The van der Waals surface area contributed by atoms with Crippen LogP contribution < -0.4 is 0 Å². The quantitative estimate of drug-likeness (QED) is 0.472. The highest BCUT2D eigenvalue weighted by molar-refractivity contribution is 5.88. The van der Waals surface area contributed by atoms with E-state index < -0.39 is 0 Å². The van der Waals surface area contributed by atoms with Gasteiger partial charge in [-0.2, -0.15) is 0 Å². The summed E-state index contributed by atoms with van der Waals surface area (Å²) in [5, 5.41) is 0. The van der Waals surface area contributed by atoms with Gasteiger partial charge >= 0.3 is 5.97 Å². The van der Waals surface area contributed by atoms with E-state index in [1.54, 1.807) is 0 Å². The molecule has 1 aliphatic rings. The summed E-state index contributed by atoms with van der Waals surface area (Å²) in [6.45, 7) is 4.24. The molecule has 1 heterocycles. The summed E-state index contributed by atoms with van der Waals surface area (Å²) in [5.41, 5.74) is 0.847. The number of carbonyl (C=O) groups is 1. The van der Waals surface area contributed by atoms with Gasteiger partial charge in [-0.25, -0.2) is 4.79 Å². The Balaban J connectivity index is 2.55. The highest BCUT2D eigenvalue weighted by Crippen LogP contribution is 2.15. The van der Waals surface area contributed by atoms with Crippen molar-refractivity contribution in [1.82, 2.24) is 0 Å². The summed E-state index contributed by atoms with van der Waals surface area (Å²) >= 11 is 0. The maximum absolute atomic E-state index is 11.3. The molecule has 0 aromatic heterocycles. The predicted molar refractivity (Wildman–Crippen MR) is 51.2 cm³/mol. The molecule has 0 saturated heterocycles. The SMILES string of the molecule is CCOC(=O)C1=CC[N+](C)(C)CC1. The van der Waals surface area contributed by atoms with E-state index in [4.69, 9.17) is 4.74 Å². The standard InChI is InChI=1S/C10H18NO2/c1-4-13-10(12)9-5-7-11(2,3)8-6-9/h5H,4,6-8H2,1-3H3/q+1. The molecular weight excluding hydrogens is 166 g/mol. The smallest absolute Gasteiger partial charge is 0.334 e. The molecule has 74 valence electrons. The van der Waals surface area contributed by atoms with Gasteiger partial charge in [0.05, 0.1) is 33.8 Å². The zero-order valence-corrected chi connectivity index (χ0v) is 8.67. The maximum Gasteiger partial charge on any atom is 0.334 e. The molecule has 0 aromatic rings. The zero-order chi connectivity index (χ0) is 9.90. The second-order valence-electron chi connectivity index (χ2n) is 4.04. The summed E-state index contributed by atoms with van der Waals surface area (Å²) < 4.78 is 5.90. The molecule has 3 heteroatoms. The molecule has 0 N–H and O–H groups in total. The lowest BCUT2D eigenvalue weighted by atomic mass is 10.1. The molecule has 0 amide bonds. The van der Waals surface area contributed by atoms with Crippen molar-refractivity contribution in [1.29, 1.82) is 0 Å². The molecule has 1 rings (SSSR count). The lowest BCUT2D eigenvalue weighted by molar-refractivity contribution is -0.885. The Morgan fingerprint density at radius 3 is 2.77 bits per heavy atom. The highest BCUT2D eigenvalue weighted by Gasteiger charge is 2.23. The van der Waals surface area contributed by atoms with Gasteiger partial charge in [0.15, 0.2) is 0 Å². The number of ether oxygens (including phenoxy) is 1. The van der Waals surface area contributed by atoms with Gasteiger partial charge in [-0.05, 0) is 13.0 Å². The van der Waals surface area contributed by atoms with E-state index in [0.29, 0.717) is 6.61 Å². The van der Waals surface area contributed by atoms with E-state index in [2.05, 4.69) is 14.1 Å². The van der Waals surface area contributed by atoms with Crippen molar-refractivity contribution in [2.45, 2.75) is 13.3 Å². The molecule has 1 aliphatic heterocycles. The molecular formula is C10H18NO2+. The number of likely N-dealkylation sites (N-methyl/N-ethyl adjacent to an activating group) is 1. The van der Waals surface area contributed by atoms with Crippen LogP contribution in [0.15, 0.2) is 11.6 Å². The third kappa shape index (κ3) is 2.84. The van der Waals surface area contributed by atoms with Crippen LogP contribution in [-0.4, -0.2) is 44.2 Å². The first-order chi connectivity index (χ1) is 6.05. The Labute approximate surface area is 79.6 Å². The van der Waals surface area contributed by atoms with Gasteiger partial charge in [0.1, 0.15) is 0 Å². The minimum absolute atomic E-state index is 0.137. The van der Waals surface area contributed by atoms with Crippen LogP contribution in [-0.2, 0) is 9.53 Å². The minimum Gasteiger partial charge on any atom is -0.463 e. The van der Waals surface area contributed by atoms with Crippen molar-refractivity contribution in [2.75, 3.05) is 33.8 Å². The van der Waals surface area contributed by atoms with Crippen molar-refractivity contribution in [2.24, 2.45) is 0 Å². The fourth-order valence-corrected chi connectivity index (χ4v) is 1.38. The van der Waals surface area contributed by atoms with E-state index >= 15 is 0 Å². The lowest BCUT2D eigenvalue weighted by Crippen LogP contribution is -2.43. The van der Waals surface area contributed by atoms with Crippen molar-refractivity contribution in [3.05, 3.63) is 11.6 Å². The summed E-state index contributed by atoms with van der Waals surface area (Å²) in [5.74, 6) is -0.137. The molecule has 0 aromatic carbocycles.